The van der Waals surface area contributed by atoms with Gasteiger partial charge >= 0.3 is 6.36 Å². The van der Waals surface area contributed by atoms with Crippen molar-refractivity contribution in [3.8, 4) is 23.0 Å². The Bertz CT molecular complexity index is 1020. The monoisotopic (exact) mass is 459 g/mol. The molecule has 0 spiro atoms. The zero-order valence-electron chi connectivity index (χ0n) is 17.3. The van der Waals surface area contributed by atoms with Crippen LogP contribution in [0.3, 0.4) is 0 Å². The van der Waals surface area contributed by atoms with E-state index in [0.717, 1.165) is 25.3 Å². The number of aromatic nitrogens is 3. The first kappa shape index (κ1) is 21.2. The highest BCUT2D eigenvalue weighted by molar-refractivity contribution is 5.64. The summed E-state index contributed by atoms with van der Waals surface area (Å²) in [6.07, 6.45) is 0.281. The fourth-order valence-corrected chi connectivity index (χ4v) is 5.37. The number of alkyl halides is 5. The number of nitrogens with two attached hydrogens (primary N) is 1. The van der Waals surface area contributed by atoms with Crippen LogP contribution in [0.15, 0.2) is 18.5 Å². The lowest BCUT2D eigenvalue weighted by atomic mass is 9.43. The third-order valence-corrected chi connectivity index (χ3v) is 6.91. The molecule has 0 unspecified atom stereocenters. The third kappa shape index (κ3) is 3.35. The molecule has 0 amide bonds. The number of piperidine rings is 1. The molecule has 32 heavy (non-hydrogen) atoms. The molecule has 12 heteroatoms. The Labute approximate surface area is 180 Å². The van der Waals surface area contributed by atoms with E-state index in [1.54, 1.807) is 6.20 Å². The van der Waals surface area contributed by atoms with Gasteiger partial charge in [-0.15, -0.1) is 13.2 Å². The maximum atomic E-state index is 13.5. The van der Waals surface area contributed by atoms with E-state index in [1.165, 1.54) is 13.3 Å². The molecule has 2 aromatic heterocycles. The molecule has 2 aromatic rings. The summed E-state index contributed by atoms with van der Waals surface area (Å²) in [5.41, 5.74) is 5.88. The molecule has 1 aliphatic heterocycles. The second kappa shape index (κ2) is 6.69. The first-order chi connectivity index (χ1) is 14.9. The van der Waals surface area contributed by atoms with Gasteiger partial charge in [0.15, 0.2) is 11.6 Å². The average Bonchev–Trinajstić information content (AvgIpc) is 3.06. The van der Waals surface area contributed by atoms with Gasteiger partial charge in [0.1, 0.15) is 0 Å². The van der Waals surface area contributed by atoms with Crippen LogP contribution in [-0.4, -0.2) is 57.5 Å². The smallest absolute Gasteiger partial charge is 0.468 e. The highest BCUT2D eigenvalue weighted by atomic mass is 19.4. The first-order valence-corrected chi connectivity index (χ1v) is 10.2. The van der Waals surface area contributed by atoms with E-state index < -0.39 is 18.0 Å². The molecule has 2 N–H and O–H groups in total. The van der Waals surface area contributed by atoms with Crippen molar-refractivity contribution in [3.63, 3.8) is 0 Å². The molecule has 2 bridgehead atoms. The summed E-state index contributed by atoms with van der Waals surface area (Å²) in [5.74, 6) is -3.57. The largest absolute Gasteiger partial charge is 0.573 e. The van der Waals surface area contributed by atoms with Crippen LogP contribution in [0, 0.1) is 0 Å². The zero-order valence-corrected chi connectivity index (χ0v) is 17.3. The Morgan fingerprint density at radius 3 is 2.34 bits per heavy atom. The molecule has 3 saturated carbocycles. The van der Waals surface area contributed by atoms with Crippen LogP contribution in [-0.2, 0) is 5.54 Å². The molecule has 3 heterocycles. The molecule has 4 aliphatic rings. The summed E-state index contributed by atoms with van der Waals surface area (Å²) in [5, 5.41) is 0. The Balaban J connectivity index is 1.36. The topological polar surface area (TPSA) is 78.4 Å². The second-order valence-electron chi connectivity index (χ2n) is 8.96. The second-order valence-corrected chi connectivity index (χ2v) is 8.96. The molecule has 0 aromatic carbocycles. The SMILES string of the molecule is COc1nc(-c2cnc(N)c(OC(F)(F)F)c2)cn1C12CC(N3CCC(F)(F)CC3)(C1)C2. The average molecular weight is 459 g/mol. The minimum atomic E-state index is -4.90. The summed E-state index contributed by atoms with van der Waals surface area (Å²) in [6.45, 7) is 0.767. The Morgan fingerprint density at radius 2 is 1.75 bits per heavy atom. The summed E-state index contributed by atoms with van der Waals surface area (Å²) < 4.78 is 76.2. The van der Waals surface area contributed by atoms with E-state index in [2.05, 4.69) is 19.6 Å². The van der Waals surface area contributed by atoms with E-state index in [0.29, 0.717) is 30.4 Å². The standard InChI is InChI=1S/C20H22F5N5O2/c1-31-16-28-13(12-6-14(15(26)27-7-12)32-20(23,24)25)8-30(16)18-9-17(10-18,11-18)29-4-2-19(21,22)3-5-29/h6-8H,2-5,9-11H2,1H3,(H2,26,27). The van der Waals surface area contributed by atoms with Gasteiger partial charge < -0.3 is 15.2 Å². The maximum absolute atomic E-state index is 13.5. The van der Waals surface area contributed by atoms with Gasteiger partial charge in [-0.1, -0.05) is 0 Å². The van der Waals surface area contributed by atoms with Crippen LogP contribution >= 0.6 is 0 Å². The number of halogens is 5. The molecule has 0 atom stereocenters. The lowest BCUT2D eigenvalue weighted by molar-refractivity contribution is -0.274. The molecule has 6 rings (SSSR count). The number of imidazole rings is 1. The van der Waals surface area contributed by atoms with Gasteiger partial charge in [-0.3, -0.25) is 9.47 Å². The number of hydrogen-bond acceptors (Lipinski definition) is 6. The van der Waals surface area contributed by atoms with Gasteiger partial charge in [-0.2, -0.15) is 4.98 Å². The molecule has 4 fully saturated rings. The molecular formula is C20H22F5N5O2. The van der Waals surface area contributed by atoms with E-state index in [9.17, 15) is 22.0 Å². The van der Waals surface area contributed by atoms with Crippen molar-refractivity contribution < 1.29 is 31.4 Å². The van der Waals surface area contributed by atoms with E-state index in [1.807, 2.05) is 4.57 Å². The van der Waals surface area contributed by atoms with Crippen molar-refractivity contribution in [1.82, 2.24) is 19.4 Å². The van der Waals surface area contributed by atoms with Crippen molar-refractivity contribution in [3.05, 3.63) is 18.5 Å². The number of nitrogens with zero attached hydrogens (tertiary/aromatic N) is 4. The van der Waals surface area contributed by atoms with E-state index >= 15 is 0 Å². The molecule has 0 radical (unpaired) electrons. The number of hydrogen-bond donors (Lipinski definition) is 1. The maximum Gasteiger partial charge on any atom is 0.573 e. The lowest BCUT2D eigenvalue weighted by Gasteiger charge is -2.74. The van der Waals surface area contributed by atoms with Gasteiger partial charge in [0.25, 0.3) is 11.9 Å². The number of ether oxygens (including phenoxy) is 2. The Kier molecular flexibility index (Phi) is 4.44. The molecule has 7 nitrogen and oxygen atoms in total. The van der Waals surface area contributed by atoms with Crippen LogP contribution < -0.4 is 15.2 Å². The summed E-state index contributed by atoms with van der Waals surface area (Å²) in [6, 6.07) is 1.47. The summed E-state index contributed by atoms with van der Waals surface area (Å²) in [4.78, 5) is 10.4. The van der Waals surface area contributed by atoms with Gasteiger partial charge in [0.2, 0.25) is 0 Å². The zero-order chi connectivity index (χ0) is 22.9. The number of likely N-dealkylation sites (tertiary alicyclic amines) is 1. The highest BCUT2D eigenvalue weighted by Crippen LogP contribution is 2.69. The number of anilines is 1. The van der Waals surface area contributed by atoms with Gasteiger partial charge in [0.05, 0.1) is 18.3 Å². The Morgan fingerprint density at radius 1 is 1.09 bits per heavy atom. The number of nitrogen functional groups attached to an aromatic ring is 1. The van der Waals surface area contributed by atoms with Crippen LogP contribution in [0.25, 0.3) is 11.3 Å². The van der Waals surface area contributed by atoms with E-state index in [-0.39, 0.29) is 29.7 Å². The first-order valence-electron chi connectivity index (χ1n) is 10.2. The van der Waals surface area contributed by atoms with Crippen molar-refractivity contribution in [2.24, 2.45) is 0 Å². The lowest BCUT2D eigenvalue weighted by Crippen LogP contribution is -2.79. The Hall–Kier alpha value is -2.63. The number of rotatable bonds is 5. The van der Waals surface area contributed by atoms with Crippen molar-refractivity contribution >= 4 is 5.82 Å². The van der Waals surface area contributed by atoms with E-state index in [4.69, 9.17) is 10.5 Å². The minimum Gasteiger partial charge on any atom is -0.468 e. The predicted octanol–water partition coefficient (Wildman–Crippen LogP) is 3.80. The number of pyridine rings is 1. The highest BCUT2D eigenvalue weighted by Gasteiger charge is 2.72. The van der Waals surface area contributed by atoms with Crippen LogP contribution in [0.5, 0.6) is 11.8 Å². The number of methoxy groups -OCH3 is 1. The normalized spacial score (nSPS) is 29.2. The van der Waals surface area contributed by atoms with Crippen molar-refractivity contribution in [2.45, 2.75) is 55.5 Å². The minimum absolute atomic E-state index is 0.0670. The van der Waals surface area contributed by atoms with Gasteiger partial charge in [-0.05, 0) is 25.3 Å². The van der Waals surface area contributed by atoms with Crippen LogP contribution in [0.4, 0.5) is 27.8 Å². The summed E-state index contributed by atoms with van der Waals surface area (Å²) in [7, 11) is 1.47. The van der Waals surface area contributed by atoms with Crippen molar-refractivity contribution in [1.29, 1.82) is 0 Å². The fourth-order valence-electron chi connectivity index (χ4n) is 5.37. The fraction of sp³-hybridized carbons (Fsp3) is 0.600. The van der Waals surface area contributed by atoms with Crippen molar-refractivity contribution in [2.75, 3.05) is 25.9 Å². The van der Waals surface area contributed by atoms with Crippen LogP contribution in [0.1, 0.15) is 32.1 Å². The molecule has 3 aliphatic carbocycles. The summed E-state index contributed by atoms with van der Waals surface area (Å²) >= 11 is 0. The predicted molar refractivity (Wildman–Crippen MR) is 103 cm³/mol. The van der Waals surface area contributed by atoms with Gasteiger partial charge in [0, 0.05) is 49.4 Å². The third-order valence-electron chi connectivity index (χ3n) is 6.91. The molecule has 174 valence electrons. The quantitative estimate of drug-likeness (QED) is 0.686. The molecular weight excluding hydrogens is 437 g/mol. The van der Waals surface area contributed by atoms with Crippen LogP contribution in [0.2, 0.25) is 0 Å². The van der Waals surface area contributed by atoms with Gasteiger partial charge in [-0.25, -0.2) is 13.8 Å². The molecule has 1 saturated heterocycles.